The summed E-state index contributed by atoms with van der Waals surface area (Å²) in [4.78, 5) is 23.7. The number of para-hydroxylation sites is 1. The minimum Gasteiger partial charge on any atom is -0.362 e. The summed E-state index contributed by atoms with van der Waals surface area (Å²) < 4.78 is 0. The first-order chi connectivity index (χ1) is 11.1. The molecule has 0 saturated carbocycles. The molecule has 0 atom stereocenters. The molecule has 5 heteroatoms. The molecular weight excluding hydrogens is 290 g/mol. The van der Waals surface area contributed by atoms with Crippen LogP contribution in [0.4, 0.5) is 11.4 Å². The molecular formula is C18H17N3O2. The van der Waals surface area contributed by atoms with Gasteiger partial charge < -0.3 is 10.6 Å². The number of anilines is 2. The highest BCUT2D eigenvalue weighted by molar-refractivity contribution is 6.68. The molecule has 1 amide bonds. The summed E-state index contributed by atoms with van der Waals surface area (Å²) in [6.07, 6.45) is 2.56. The number of amides is 1. The lowest BCUT2D eigenvalue weighted by Crippen LogP contribution is -2.28. The average Bonchev–Trinajstić information content (AvgIpc) is 2.57. The van der Waals surface area contributed by atoms with Gasteiger partial charge in [0.05, 0.1) is 0 Å². The fourth-order valence-corrected chi connectivity index (χ4v) is 1.77. The summed E-state index contributed by atoms with van der Waals surface area (Å²) >= 11 is 0. The van der Waals surface area contributed by atoms with E-state index in [1.807, 2.05) is 49.4 Å². The highest BCUT2D eigenvalue weighted by Gasteiger charge is 2.15. The Morgan fingerprint density at radius 3 is 2.26 bits per heavy atom. The number of allylic oxidation sites excluding steroid dienone is 1. The Morgan fingerprint density at radius 1 is 0.957 bits per heavy atom. The predicted molar refractivity (Wildman–Crippen MR) is 91.7 cm³/mol. The predicted octanol–water partition coefficient (Wildman–Crippen LogP) is 3.15. The molecule has 3 N–H and O–H groups in total. The Hall–Kier alpha value is -3.21. The van der Waals surface area contributed by atoms with Gasteiger partial charge in [-0.05, 0) is 31.2 Å². The zero-order chi connectivity index (χ0) is 16.7. The number of rotatable bonds is 6. The Bertz CT molecular complexity index is 735. The normalized spacial score (nSPS) is 10.3. The fourth-order valence-electron chi connectivity index (χ4n) is 1.77. The smallest absolute Gasteiger partial charge is 0.277 e. The van der Waals surface area contributed by atoms with Gasteiger partial charge in [0.25, 0.3) is 5.91 Å². The molecule has 2 rings (SSSR count). The molecule has 0 saturated heterocycles. The van der Waals surface area contributed by atoms with Crippen LogP contribution < -0.4 is 10.6 Å². The molecule has 0 radical (unpaired) electrons. The van der Waals surface area contributed by atoms with Gasteiger partial charge in [-0.3, -0.25) is 15.0 Å². The number of hydrogen-bond donors (Lipinski definition) is 3. The van der Waals surface area contributed by atoms with Crippen molar-refractivity contribution in [2.45, 2.75) is 6.92 Å². The van der Waals surface area contributed by atoms with Crippen molar-refractivity contribution in [3.05, 3.63) is 72.4 Å². The van der Waals surface area contributed by atoms with Crippen molar-refractivity contribution in [2.75, 3.05) is 10.6 Å². The monoisotopic (exact) mass is 307 g/mol. The number of aryl methyl sites for hydroxylation is 1. The van der Waals surface area contributed by atoms with E-state index in [9.17, 15) is 9.59 Å². The summed E-state index contributed by atoms with van der Waals surface area (Å²) in [6.45, 7) is 1.93. The second-order valence-corrected chi connectivity index (χ2v) is 4.90. The van der Waals surface area contributed by atoms with E-state index in [-0.39, 0.29) is 0 Å². The van der Waals surface area contributed by atoms with E-state index in [0.717, 1.165) is 17.3 Å². The quantitative estimate of drug-likeness (QED) is 0.435. The van der Waals surface area contributed by atoms with Crippen LogP contribution in [0.2, 0.25) is 0 Å². The maximum atomic E-state index is 11.9. The van der Waals surface area contributed by atoms with Gasteiger partial charge in [-0.2, -0.15) is 0 Å². The maximum Gasteiger partial charge on any atom is 0.277 e. The number of ketones is 1. The van der Waals surface area contributed by atoms with E-state index in [2.05, 4.69) is 10.6 Å². The average molecular weight is 307 g/mol. The van der Waals surface area contributed by atoms with Crippen molar-refractivity contribution < 1.29 is 9.59 Å². The van der Waals surface area contributed by atoms with Crippen molar-refractivity contribution in [1.29, 1.82) is 5.41 Å². The molecule has 0 aliphatic carbocycles. The standard InChI is InChI=1S/C18H17N3O2/c1-13-7-9-15(10-8-13)21-18(23)17(19)16(22)11-12-20-14-5-3-2-4-6-14/h2-12,19-20H,1H3,(H,21,23)/b12-11-,19-17?. The molecule has 0 aliphatic heterocycles. The van der Waals surface area contributed by atoms with Gasteiger partial charge in [0.1, 0.15) is 0 Å². The molecule has 0 heterocycles. The molecule has 116 valence electrons. The summed E-state index contributed by atoms with van der Waals surface area (Å²) in [5.41, 5.74) is 1.80. The Balaban J connectivity index is 1.89. The van der Waals surface area contributed by atoms with Crippen LogP contribution in [0.15, 0.2) is 66.9 Å². The first-order valence-corrected chi connectivity index (χ1v) is 7.05. The van der Waals surface area contributed by atoms with Gasteiger partial charge in [0, 0.05) is 23.7 Å². The van der Waals surface area contributed by atoms with Crippen LogP contribution in [0.3, 0.4) is 0 Å². The third-order valence-corrected chi connectivity index (χ3v) is 3.04. The SMILES string of the molecule is Cc1ccc(NC(=O)C(=N)C(=O)/C=C\Nc2ccccc2)cc1. The number of carbonyl (C=O) groups excluding carboxylic acids is 2. The molecule has 0 fully saturated rings. The summed E-state index contributed by atoms with van der Waals surface area (Å²) in [5, 5.41) is 13.0. The molecule has 5 nitrogen and oxygen atoms in total. The van der Waals surface area contributed by atoms with Crippen LogP contribution >= 0.6 is 0 Å². The summed E-state index contributed by atoms with van der Waals surface area (Å²) in [6, 6.07) is 16.4. The third kappa shape index (κ3) is 4.93. The van der Waals surface area contributed by atoms with E-state index in [4.69, 9.17) is 5.41 Å². The second kappa shape index (κ2) is 7.70. The number of benzene rings is 2. The Kier molecular flexibility index (Phi) is 5.41. The Morgan fingerprint density at radius 2 is 1.61 bits per heavy atom. The van der Waals surface area contributed by atoms with Crippen LogP contribution in [-0.4, -0.2) is 17.4 Å². The van der Waals surface area contributed by atoms with Gasteiger partial charge in [-0.15, -0.1) is 0 Å². The molecule has 0 spiro atoms. The van der Waals surface area contributed by atoms with Crippen molar-refractivity contribution >= 4 is 28.8 Å². The van der Waals surface area contributed by atoms with Crippen LogP contribution in [0, 0.1) is 12.3 Å². The van der Waals surface area contributed by atoms with E-state index >= 15 is 0 Å². The van der Waals surface area contributed by atoms with Gasteiger partial charge in [-0.1, -0.05) is 35.9 Å². The molecule has 0 bridgehead atoms. The molecule has 23 heavy (non-hydrogen) atoms. The second-order valence-electron chi connectivity index (χ2n) is 4.90. The molecule has 2 aromatic carbocycles. The first-order valence-electron chi connectivity index (χ1n) is 7.05. The third-order valence-electron chi connectivity index (χ3n) is 3.04. The topological polar surface area (TPSA) is 82.1 Å². The van der Waals surface area contributed by atoms with Gasteiger partial charge in [0.15, 0.2) is 5.71 Å². The lowest BCUT2D eigenvalue weighted by Gasteiger charge is -2.05. The molecule has 0 aliphatic rings. The van der Waals surface area contributed by atoms with Crippen molar-refractivity contribution in [3.8, 4) is 0 Å². The minimum absolute atomic E-state index is 0.546. The molecule has 0 aromatic heterocycles. The number of hydrogen-bond acceptors (Lipinski definition) is 4. The highest BCUT2D eigenvalue weighted by atomic mass is 16.2. The first kappa shape index (κ1) is 16.2. The zero-order valence-corrected chi connectivity index (χ0v) is 12.7. The summed E-state index contributed by atoms with van der Waals surface area (Å²) in [7, 11) is 0. The van der Waals surface area contributed by atoms with Crippen LogP contribution in [-0.2, 0) is 9.59 Å². The van der Waals surface area contributed by atoms with Crippen molar-refractivity contribution in [3.63, 3.8) is 0 Å². The van der Waals surface area contributed by atoms with Gasteiger partial charge in [-0.25, -0.2) is 0 Å². The largest absolute Gasteiger partial charge is 0.362 e. The van der Waals surface area contributed by atoms with Gasteiger partial charge in [0.2, 0.25) is 5.78 Å². The van der Waals surface area contributed by atoms with E-state index in [0.29, 0.717) is 5.69 Å². The van der Waals surface area contributed by atoms with E-state index in [1.165, 1.54) is 6.20 Å². The lowest BCUT2D eigenvalue weighted by molar-refractivity contribution is -0.113. The lowest BCUT2D eigenvalue weighted by atomic mass is 10.2. The minimum atomic E-state index is -0.733. The number of nitrogens with one attached hydrogen (secondary N) is 3. The van der Waals surface area contributed by atoms with Crippen LogP contribution in [0.1, 0.15) is 5.56 Å². The van der Waals surface area contributed by atoms with Gasteiger partial charge >= 0.3 is 0 Å². The van der Waals surface area contributed by atoms with Crippen LogP contribution in [0.5, 0.6) is 0 Å². The molecule has 0 unspecified atom stereocenters. The fraction of sp³-hybridized carbons (Fsp3) is 0.0556. The zero-order valence-electron chi connectivity index (χ0n) is 12.7. The van der Waals surface area contributed by atoms with E-state index < -0.39 is 17.4 Å². The molecule has 2 aromatic rings. The Labute approximate surface area is 134 Å². The number of carbonyl (C=O) groups is 2. The van der Waals surface area contributed by atoms with E-state index in [1.54, 1.807) is 12.1 Å². The van der Waals surface area contributed by atoms with Crippen molar-refractivity contribution in [2.24, 2.45) is 0 Å². The maximum absolute atomic E-state index is 11.9. The highest BCUT2D eigenvalue weighted by Crippen LogP contribution is 2.08. The summed E-state index contributed by atoms with van der Waals surface area (Å²) in [5.74, 6) is -1.40. The van der Waals surface area contributed by atoms with Crippen molar-refractivity contribution in [1.82, 2.24) is 0 Å². The van der Waals surface area contributed by atoms with Crippen LogP contribution in [0.25, 0.3) is 0 Å².